The molecule has 242 valence electrons. The minimum Gasteiger partial charge on any atom is -0.300 e. The van der Waals surface area contributed by atoms with Crippen molar-refractivity contribution < 1.29 is 9.59 Å². The molecule has 1 N–H and O–H groups in total. The Morgan fingerprint density at radius 2 is 0.980 bits per heavy atom. The molecule has 5 heteroatoms. The minimum absolute atomic E-state index is 0.0201. The molecular formula is C44H38N2O2S. The lowest BCUT2D eigenvalue weighted by Crippen LogP contribution is -2.51. The molecule has 6 aromatic carbocycles. The molecule has 2 unspecified atom stereocenters. The van der Waals surface area contributed by atoms with E-state index in [1.165, 1.54) is 16.0 Å². The Labute approximate surface area is 292 Å². The molecule has 0 spiro atoms. The summed E-state index contributed by atoms with van der Waals surface area (Å²) >= 11 is 1.13. The van der Waals surface area contributed by atoms with Crippen LogP contribution in [-0.4, -0.2) is 21.3 Å². The summed E-state index contributed by atoms with van der Waals surface area (Å²) in [6.45, 7) is 2.19. The van der Waals surface area contributed by atoms with E-state index in [4.69, 9.17) is 0 Å². The van der Waals surface area contributed by atoms with Crippen LogP contribution in [0.3, 0.4) is 0 Å². The lowest BCUT2D eigenvalue weighted by Gasteiger charge is -2.42. The lowest BCUT2D eigenvalue weighted by atomic mass is 9.75. The first-order valence-electron chi connectivity index (χ1n) is 16.7. The zero-order valence-electron chi connectivity index (χ0n) is 27.4. The Morgan fingerprint density at radius 1 is 0.571 bits per heavy atom. The van der Waals surface area contributed by atoms with Crippen molar-refractivity contribution in [1.29, 1.82) is 0 Å². The van der Waals surface area contributed by atoms with Crippen molar-refractivity contribution in [3.63, 3.8) is 0 Å². The number of rotatable bonds is 11. The lowest BCUT2D eigenvalue weighted by molar-refractivity contribution is -0.129. The number of hydrogen-bond acceptors (Lipinski definition) is 4. The first kappa shape index (κ1) is 32.3. The van der Waals surface area contributed by atoms with E-state index in [1.54, 1.807) is 0 Å². The van der Waals surface area contributed by atoms with Gasteiger partial charge < -0.3 is 0 Å². The van der Waals surface area contributed by atoms with Crippen molar-refractivity contribution in [2.75, 3.05) is 0 Å². The number of amides is 2. The highest BCUT2D eigenvalue weighted by Gasteiger charge is 2.53. The van der Waals surface area contributed by atoms with Crippen LogP contribution in [0.2, 0.25) is 0 Å². The minimum atomic E-state index is -1.12. The molecule has 1 heterocycles. The van der Waals surface area contributed by atoms with Crippen molar-refractivity contribution >= 4 is 22.9 Å². The zero-order chi connectivity index (χ0) is 33.6. The third kappa shape index (κ3) is 6.48. The van der Waals surface area contributed by atoms with Crippen molar-refractivity contribution in [1.82, 2.24) is 10.2 Å². The number of thioether (sulfide) groups is 1. The maximum Gasteiger partial charge on any atom is 0.290 e. The number of benzene rings is 6. The second-order valence-electron chi connectivity index (χ2n) is 12.4. The fourth-order valence-corrected chi connectivity index (χ4v) is 8.05. The van der Waals surface area contributed by atoms with Gasteiger partial charge in [0.25, 0.3) is 5.24 Å². The molecule has 0 bridgehead atoms. The first-order valence-corrected chi connectivity index (χ1v) is 17.6. The molecule has 0 aliphatic carbocycles. The fraction of sp³-hybridized carbons (Fsp3) is 0.136. The van der Waals surface area contributed by atoms with Crippen LogP contribution in [0.15, 0.2) is 176 Å². The van der Waals surface area contributed by atoms with Gasteiger partial charge in [-0.2, -0.15) is 0 Å². The van der Waals surface area contributed by atoms with E-state index in [0.29, 0.717) is 6.42 Å². The monoisotopic (exact) mass is 658 g/mol. The van der Waals surface area contributed by atoms with Gasteiger partial charge in [-0.1, -0.05) is 188 Å². The van der Waals surface area contributed by atoms with Gasteiger partial charge in [0.05, 0.1) is 11.3 Å². The Hall–Kier alpha value is -5.23. The predicted octanol–water partition coefficient (Wildman–Crippen LogP) is 9.73. The zero-order valence-corrected chi connectivity index (χ0v) is 28.2. The van der Waals surface area contributed by atoms with E-state index < -0.39 is 10.8 Å². The highest BCUT2D eigenvalue weighted by Crippen LogP contribution is 2.48. The molecule has 6 aromatic rings. The molecule has 7 rings (SSSR count). The van der Waals surface area contributed by atoms with Crippen LogP contribution in [0.5, 0.6) is 0 Å². The van der Waals surface area contributed by atoms with Gasteiger partial charge in [0.15, 0.2) is 0 Å². The summed E-state index contributed by atoms with van der Waals surface area (Å²) in [6.07, 6.45) is 0.449. The summed E-state index contributed by atoms with van der Waals surface area (Å²) < 4.78 is 0. The van der Waals surface area contributed by atoms with Gasteiger partial charge in [-0.15, -0.1) is 0 Å². The van der Waals surface area contributed by atoms with Gasteiger partial charge in [-0.05, 0) is 52.3 Å². The van der Waals surface area contributed by atoms with Gasteiger partial charge in [0.2, 0.25) is 5.91 Å². The van der Waals surface area contributed by atoms with Crippen LogP contribution in [0, 0.1) is 0 Å². The summed E-state index contributed by atoms with van der Waals surface area (Å²) in [5, 5.41) is 3.04. The summed E-state index contributed by atoms with van der Waals surface area (Å²) in [7, 11) is 0. The number of hydrogen-bond donors (Lipinski definition) is 1. The highest BCUT2D eigenvalue weighted by molar-refractivity contribution is 8.15. The van der Waals surface area contributed by atoms with Crippen LogP contribution in [0.4, 0.5) is 4.79 Å². The molecule has 49 heavy (non-hydrogen) atoms. The molecule has 4 nitrogen and oxygen atoms in total. The third-order valence-corrected chi connectivity index (χ3v) is 10.5. The summed E-state index contributed by atoms with van der Waals surface area (Å²) in [6, 6.07) is 59.2. The van der Waals surface area contributed by atoms with E-state index in [9.17, 15) is 9.59 Å². The fourth-order valence-electron chi connectivity index (χ4n) is 6.99. The Bertz CT molecular complexity index is 1890. The maximum absolute atomic E-state index is 14.6. The number of carbonyl (C=O) groups is 2. The number of carbonyl (C=O) groups excluding carboxylic acids is 2. The van der Waals surface area contributed by atoms with E-state index in [0.717, 1.165) is 39.6 Å². The summed E-state index contributed by atoms with van der Waals surface area (Å²) in [4.78, 5) is 30.2. The van der Waals surface area contributed by atoms with Crippen LogP contribution in [0.25, 0.3) is 0 Å². The van der Waals surface area contributed by atoms with E-state index in [-0.39, 0.29) is 23.2 Å². The molecule has 1 fully saturated rings. The Balaban J connectivity index is 1.20. The van der Waals surface area contributed by atoms with E-state index in [2.05, 4.69) is 85.0 Å². The largest absolute Gasteiger partial charge is 0.300 e. The maximum atomic E-state index is 14.6. The average molecular weight is 659 g/mol. The van der Waals surface area contributed by atoms with Crippen molar-refractivity contribution in [3.05, 3.63) is 215 Å². The quantitative estimate of drug-likeness (QED) is 0.141. The van der Waals surface area contributed by atoms with Crippen molar-refractivity contribution in [2.24, 2.45) is 0 Å². The molecule has 3 atom stereocenters. The second kappa shape index (κ2) is 14.5. The number of imide groups is 1. The van der Waals surface area contributed by atoms with Crippen LogP contribution < -0.4 is 5.32 Å². The predicted molar refractivity (Wildman–Crippen MR) is 199 cm³/mol. The molecule has 0 radical (unpaired) electrons. The highest BCUT2D eigenvalue weighted by atomic mass is 32.2. The van der Waals surface area contributed by atoms with Crippen molar-refractivity contribution in [3.8, 4) is 0 Å². The summed E-state index contributed by atoms with van der Waals surface area (Å²) in [5.41, 5.74) is 6.03. The Morgan fingerprint density at radius 3 is 1.45 bits per heavy atom. The molecular weight excluding hydrogens is 621 g/mol. The van der Waals surface area contributed by atoms with Crippen LogP contribution in [0.1, 0.15) is 58.0 Å². The summed E-state index contributed by atoms with van der Waals surface area (Å²) in [5.74, 6) is -0.184. The van der Waals surface area contributed by atoms with E-state index in [1.807, 2.05) is 103 Å². The van der Waals surface area contributed by atoms with Crippen molar-refractivity contribution in [2.45, 2.75) is 36.2 Å². The second-order valence-corrected chi connectivity index (χ2v) is 13.6. The SMILES string of the molecule is C[C@@H](NC(c1ccccc1)c1ccc(CC2SC(=O)N(C(c3ccccc3)(c3ccccc3)c3ccccc3)C2=O)cc1)c1ccccc1. The van der Waals surface area contributed by atoms with Gasteiger partial charge in [-0.25, -0.2) is 0 Å². The smallest absolute Gasteiger partial charge is 0.290 e. The molecule has 1 saturated heterocycles. The molecule has 1 aliphatic heterocycles. The normalized spacial score (nSPS) is 16.0. The Kier molecular flexibility index (Phi) is 9.56. The number of nitrogens with one attached hydrogen (secondary N) is 1. The third-order valence-electron chi connectivity index (χ3n) is 9.41. The molecule has 1 aliphatic rings. The standard InChI is InChI=1S/C44H38N2O2S/c1-32(34-17-7-2-8-18-34)45-41(35-19-9-3-10-20-35)36-29-27-33(28-30-36)31-40-42(47)46(43(48)49-40)44(37-21-11-4-12-22-37,38-23-13-5-14-24-38)39-25-15-6-16-26-39/h2-30,32,40-41,45H,31H2,1H3/t32-,40?,41?/m1/s1. The van der Waals surface area contributed by atoms with Gasteiger partial charge in [-0.3, -0.25) is 19.8 Å². The van der Waals surface area contributed by atoms with E-state index >= 15 is 0 Å². The average Bonchev–Trinajstić information content (AvgIpc) is 3.45. The number of nitrogens with zero attached hydrogens (tertiary/aromatic N) is 1. The topological polar surface area (TPSA) is 49.4 Å². The van der Waals surface area contributed by atoms with Crippen LogP contribution in [-0.2, 0) is 16.8 Å². The first-order chi connectivity index (χ1) is 24.1. The molecule has 2 amide bonds. The van der Waals surface area contributed by atoms with Crippen LogP contribution >= 0.6 is 11.8 Å². The molecule has 0 aromatic heterocycles. The van der Waals surface area contributed by atoms with Gasteiger partial charge in [0, 0.05) is 6.04 Å². The van der Waals surface area contributed by atoms with Gasteiger partial charge >= 0.3 is 0 Å². The van der Waals surface area contributed by atoms with Gasteiger partial charge in [0.1, 0.15) is 5.54 Å². The molecule has 0 saturated carbocycles.